The van der Waals surface area contributed by atoms with Crippen LogP contribution in [0, 0.1) is 5.82 Å². The van der Waals surface area contributed by atoms with E-state index in [1.165, 1.54) is 6.07 Å². The normalized spacial score (nSPS) is 16.4. The minimum Gasteiger partial charge on any atom is -0.389 e. The predicted molar refractivity (Wildman–Crippen MR) is 70.6 cm³/mol. The number of rotatable bonds is 3. The molecule has 1 amide bonds. The molecule has 1 saturated heterocycles. The minimum absolute atomic E-state index is 0.0120. The zero-order valence-electron chi connectivity index (χ0n) is 9.78. The van der Waals surface area contributed by atoms with E-state index in [4.69, 9.17) is 18.0 Å². The Bertz CT molecular complexity index is 492. The molecule has 96 valence electrons. The van der Waals surface area contributed by atoms with Gasteiger partial charge in [-0.25, -0.2) is 4.39 Å². The largest absolute Gasteiger partial charge is 0.389 e. The number of halogens is 1. The molecular weight excluding hydrogens is 253 g/mol. The maximum absolute atomic E-state index is 13.4. The number of nitrogens with zero attached hydrogens (tertiary/aromatic N) is 1. The van der Waals surface area contributed by atoms with Crippen LogP contribution < -0.4 is 11.1 Å². The van der Waals surface area contributed by atoms with Crippen molar-refractivity contribution in [2.45, 2.75) is 6.54 Å². The highest BCUT2D eigenvalue weighted by atomic mass is 32.1. The highest BCUT2D eigenvalue weighted by Gasteiger charge is 2.16. The van der Waals surface area contributed by atoms with Crippen LogP contribution in [0.2, 0.25) is 0 Å². The summed E-state index contributed by atoms with van der Waals surface area (Å²) in [6.45, 7) is 2.37. The molecule has 0 unspecified atom stereocenters. The first-order valence-corrected chi connectivity index (χ1v) is 6.04. The van der Waals surface area contributed by atoms with Crippen LogP contribution in [-0.2, 0) is 11.3 Å². The molecule has 6 heteroatoms. The molecule has 2 rings (SSSR count). The van der Waals surface area contributed by atoms with Crippen LogP contribution in [0.15, 0.2) is 18.2 Å². The first-order valence-electron chi connectivity index (χ1n) is 5.63. The average Bonchev–Trinajstić information content (AvgIpc) is 2.31. The van der Waals surface area contributed by atoms with Crippen molar-refractivity contribution < 1.29 is 9.18 Å². The summed E-state index contributed by atoms with van der Waals surface area (Å²) in [6.07, 6.45) is 0. The van der Waals surface area contributed by atoms with Gasteiger partial charge in [0.1, 0.15) is 10.8 Å². The van der Waals surface area contributed by atoms with Gasteiger partial charge >= 0.3 is 0 Å². The smallest absolute Gasteiger partial charge is 0.234 e. The van der Waals surface area contributed by atoms with Crippen molar-refractivity contribution in [2.75, 3.05) is 19.6 Å². The monoisotopic (exact) mass is 267 g/mol. The van der Waals surface area contributed by atoms with Gasteiger partial charge in [-0.3, -0.25) is 9.69 Å². The lowest BCUT2D eigenvalue weighted by molar-refractivity contribution is -0.124. The maximum atomic E-state index is 13.4. The van der Waals surface area contributed by atoms with Gasteiger partial charge in [-0.15, -0.1) is 0 Å². The molecule has 4 nitrogen and oxygen atoms in total. The first-order chi connectivity index (χ1) is 8.56. The van der Waals surface area contributed by atoms with Crippen molar-refractivity contribution in [1.29, 1.82) is 0 Å². The molecule has 1 aliphatic heterocycles. The van der Waals surface area contributed by atoms with Gasteiger partial charge in [-0.05, 0) is 17.7 Å². The zero-order chi connectivity index (χ0) is 13.1. The van der Waals surface area contributed by atoms with Crippen LogP contribution in [-0.4, -0.2) is 35.4 Å². The molecule has 1 fully saturated rings. The van der Waals surface area contributed by atoms with E-state index in [2.05, 4.69) is 5.32 Å². The number of carbonyl (C=O) groups is 1. The fourth-order valence-electron chi connectivity index (χ4n) is 1.94. The molecule has 0 saturated carbocycles. The van der Waals surface area contributed by atoms with Gasteiger partial charge in [-0.2, -0.15) is 0 Å². The third kappa shape index (κ3) is 3.02. The first kappa shape index (κ1) is 12.9. The average molecular weight is 267 g/mol. The number of benzene rings is 1. The van der Waals surface area contributed by atoms with Crippen molar-refractivity contribution in [3.8, 4) is 0 Å². The van der Waals surface area contributed by atoms with Gasteiger partial charge in [0.2, 0.25) is 5.91 Å². The predicted octanol–water partition coefficient (Wildman–Crippen LogP) is 0.392. The van der Waals surface area contributed by atoms with Gasteiger partial charge in [0, 0.05) is 25.2 Å². The molecule has 1 aromatic rings. The number of nitrogens with two attached hydrogens (primary N) is 1. The fourth-order valence-corrected chi connectivity index (χ4v) is 2.10. The molecule has 0 aromatic heterocycles. The molecule has 18 heavy (non-hydrogen) atoms. The fraction of sp³-hybridized carbons (Fsp3) is 0.333. The van der Waals surface area contributed by atoms with Gasteiger partial charge < -0.3 is 11.1 Å². The number of nitrogens with one attached hydrogen (secondary N) is 1. The van der Waals surface area contributed by atoms with Crippen molar-refractivity contribution in [2.24, 2.45) is 5.73 Å². The van der Waals surface area contributed by atoms with Crippen LogP contribution in [0.3, 0.4) is 0 Å². The van der Waals surface area contributed by atoms with E-state index in [1.807, 2.05) is 4.90 Å². The number of thiocarbonyl (C=S) groups is 1. The minimum atomic E-state index is -0.414. The molecule has 0 atom stereocenters. The summed E-state index contributed by atoms with van der Waals surface area (Å²) in [7, 11) is 0. The molecule has 1 heterocycles. The Balaban J connectivity index is 2.11. The number of hydrogen-bond acceptors (Lipinski definition) is 3. The van der Waals surface area contributed by atoms with E-state index >= 15 is 0 Å². The Kier molecular flexibility index (Phi) is 3.88. The van der Waals surface area contributed by atoms with Crippen LogP contribution >= 0.6 is 12.2 Å². The van der Waals surface area contributed by atoms with Crippen LogP contribution in [0.1, 0.15) is 11.1 Å². The molecule has 0 spiro atoms. The van der Waals surface area contributed by atoms with Gasteiger partial charge in [0.15, 0.2) is 0 Å². The van der Waals surface area contributed by atoms with Crippen LogP contribution in [0.4, 0.5) is 4.39 Å². The standard InChI is InChI=1S/C12H14FN3OS/c13-10-2-1-8(5-9(10)12(14)18)6-16-4-3-15-11(17)7-16/h1-2,5H,3-4,6-7H2,(H2,14,18)(H,15,17). The Morgan fingerprint density at radius 1 is 1.56 bits per heavy atom. The summed E-state index contributed by atoms with van der Waals surface area (Å²) in [5.74, 6) is -0.402. The number of hydrogen-bond donors (Lipinski definition) is 2. The van der Waals surface area contributed by atoms with Crippen molar-refractivity contribution >= 4 is 23.1 Å². The highest BCUT2D eigenvalue weighted by molar-refractivity contribution is 7.80. The zero-order valence-corrected chi connectivity index (χ0v) is 10.6. The van der Waals surface area contributed by atoms with Crippen molar-refractivity contribution in [3.63, 3.8) is 0 Å². The molecule has 1 aromatic carbocycles. The van der Waals surface area contributed by atoms with Crippen LogP contribution in [0.25, 0.3) is 0 Å². The Labute approximate surface area is 110 Å². The molecule has 0 aliphatic carbocycles. The molecule has 1 aliphatic rings. The van der Waals surface area contributed by atoms with E-state index < -0.39 is 5.82 Å². The topological polar surface area (TPSA) is 58.4 Å². The lowest BCUT2D eigenvalue weighted by Gasteiger charge is -2.26. The summed E-state index contributed by atoms with van der Waals surface area (Å²) in [5.41, 5.74) is 6.60. The summed E-state index contributed by atoms with van der Waals surface area (Å²) in [6, 6.07) is 4.68. The molecular formula is C12H14FN3OS. The van der Waals surface area contributed by atoms with Gasteiger partial charge in [0.05, 0.1) is 6.54 Å². The highest BCUT2D eigenvalue weighted by Crippen LogP contribution is 2.13. The van der Waals surface area contributed by atoms with Crippen LogP contribution in [0.5, 0.6) is 0 Å². The van der Waals surface area contributed by atoms with Crippen molar-refractivity contribution in [3.05, 3.63) is 35.1 Å². The summed E-state index contributed by atoms with van der Waals surface area (Å²) in [4.78, 5) is 13.3. The summed E-state index contributed by atoms with van der Waals surface area (Å²) in [5, 5.41) is 2.76. The van der Waals surface area contributed by atoms with E-state index in [-0.39, 0.29) is 16.5 Å². The Hall–Kier alpha value is -1.53. The van der Waals surface area contributed by atoms with E-state index in [9.17, 15) is 9.18 Å². The Morgan fingerprint density at radius 2 is 2.33 bits per heavy atom. The summed E-state index contributed by atoms with van der Waals surface area (Å²) >= 11 is 4.79. The summed E-state index contributed by atoms with van der Waals surface area (Å²) < 4.78 is 13.4. The Morgan fingerprint density at radius 3 is 3.00 bits per heavy atom. The molecule has 0 radical (unpaired) electrons. The lowest BCUT2D eigenvalue weighted by Crippen LogP contribution is -2.47. The second kappa shape index (κ2) is 5.41. The van der Waals surface area contributed by atoms with Gasteiger partial charge in [-0.1, -0.05) is 18.3 Å². The second-order valence-electron chi connectivity index (χ2n) is 4.24. The number of amides is 1. The molecule has 0 bridgehead atoms. The maximum Gasteiger partial charge on any atom is 0.234 e. The van der Waals surface area contributed by atoms with Crippen molar-refractivity contribution in [1.82, 2.24) is 10.2 Å². The van der Waals surface area contributed by atoms with E-state index in [0.717, 1.165) is 12.1 Å². The lowest BCUT2D eigenvalue weighted by atomic mass is 10.1. The SMILES string of the molecule is NC(=S)c1cc(CN2CCNC(=O)C2)ccc1F. The third-order valence-corrected chi connectivity index (χ3v) is 3.04. The molecule has 3 N–H and O–H groups in total. The second-order valence-corrected chi connectivity index (χ2v) is 4.68. The number of carbonyl (C=O) groups excluding carboxylic acids is 1. The van der Waals surface area contributed by atoms with E-state index in [0.29, 0.717) is 19.6 Å². The van der Waals surface area contributed by atoms with E-state index in [1.54, 1.807) is 12.1 Å². The third-order valence-electron chi connectivity index (χ3n) is 2.82. The van der Waals surface area contributed by atoms with Gasteiger partial charge in [0.25, 0.3) is 0 Å². The quantitative estimate of drug-likeness (QED) is 0.778. The number of piperazine rings is 1.